The summed E-state index contributed by atoms with van der Waals surface area (Å²) in [4.78, 5) is 4.35. The summed E-state index contributed by atoms with van der Waals surface area (Å²) >= 11 is 0. The molecule has 0 saturated carbocycles. The van der Waals surface area contributed by atoms with Crippen LogP contribution in [0.25, 0.3) is 0 Å². The Bertz CT molecular complexity index is 355. The van der Waals surface area contributed by atoms with Crippen molar-refractivity contribution < 1.29 is 4.74 Å². The summed E-state index contributed by atoms with van der Waals surface area (Å²) in [6.07, 6.45) is 3.29. The van der Waals surface area contributed by atoms with Gasteiger partial charge in [0, 0.05) is 43.3 Å². The Morgan fingerprint density at radius 2 is 2.22 bits per heavy atom. The van der Waals surface area contributed by atoms with E-state index in [1.165, 1.54) is 5.56 Å². The average molecular weight is 251 g/mol. The lowest BCUT2D eigenvalue weighted by Gasteiger charge is -2.16. The number of ether oxygens (including phenoxy) is 1. The first-order chi connectivity index (χ1) is 8.67. The third-order valence-electron chi connectivity index (χ3n) is 2.85. The van der Waals surface area contributed by atoms with Crippen LogP contribution in [0, 0.1) is 6.92 Å². The lowest BCUT2D eigenvalue weighted by molar-refractivity contribution is 0.129. The Morgan fingerprint density at radius 3 is 2.89 bits per heavy atom. The molecule has 0 amide bonds. The number of nitrogens with zero attached hydrogens (tertiary/aromatic N) is 1. The van der Waals surface area contributed by atoms with Crippen molar-refractivity contribution in [3.05, 3.63) is 23.5 Å². The molecule has 4 nitrogen and oxygen atoms in total. The molecule has 0 spiro atoms. The van der Waals surface area contributed by atoms with Gasteiger partial charge in [0.1, 0.15) is 0 Å². The highest BCUT2D eigenvalue weighted by atomic mass is 16.5. The number of nitrogens with one attached hydrogen (secondary N) is 2. The fourth-order valence-corrected chi connectivity index (χ4v) is 1.63. The van der Waals surface area contributed by atoms with Crippen LogP contribution in [0.15, 0.2) is 12.3 Å². The molecular formula is C14H25N3O. The van der Waals surface area contributed by atoms with Crippen molar-refractivity contribution in [2.75, 3.05) is 25.5 Å². The van der Waals surface area contributed by atoms with Crippen molar-refractivity contribution >= 4 is 5.69 Å². The van der Waals surface area contributed by atoms with E-state index in [1.54, 1.807) is 7.11 Å². The first-order valence-electron chi connectivity index (χ1n) is 6.60. The standard InChI is InChI=1S/C14H25N3O/c1-5-6-15-9-13-10-16-11(2)7-14(13)17-8-12(3)18-4/h7,10,12,15H,5-6,8-9H2,1-4H3,(H,16,17). The fraction of sp³-hybridized carbons (Fsp3) is 0.643. The summed E-state index contributed by atoms with van der Waals surface area (Å²) in [5.41, 5.74) is 3.38. The molecule has 0 aliphatic heterocycles. The highest BCUT2D eigenvalue weighted by Crippen LogP contribution is 2.15. The largest absolute Gasteiger partial charge is 0.382 e. The zero-order valence-electron chi connectivity index (χ0n) is 11.9. The predicted octanol–water partition coefficient (Wildman–Crippen LogP) is 2.34. The second kappa shape index (κ2) is 8.06. The maximum absolute atomic E-state index is 5.25. The minimum Gasteiger partial charge on any atom is -0.382 e. The zero-order valence-corrected chi connectivity index (χ0v) is 11.9. The van der Waals surface area contributed by atoms with Gasteiger partial charge < -0.3 is 15.4 Å². The molecular weight excluding hydrogens is 226 g/mol. The Morgan fingerprint density at radius 1 is 1.44 bits per heavy atom. The molecule has 0 aliphatic carbocycles. The quantitative estimate of drug-likeness (QED) is 0.696. The minimum atomic E-state index is 0.204. The van der Waals surface area contributed by atoms with Crippen molar-refractivity contribution in [1.82, 2.24) is 10.3 Å². The Kier molecular flexibility index (Phi) is 6.68. The highest BCUT2D eigenvalue weighted by Gasteiger charge is 2.05. The number of rotatable bonds is 8. The van der Waals surface area contributed by atoms with E-state index in [0.29, 0.717) is 0 Å². The Hall–Kier alpha value is -1.13. The zero-order chi connectivity index (χ0) is 13.4. The normalized spacial score (nSPS) is 12.4. The van der Waals surface area contributed by atoms with Gasteiger partial charge in [0.25, 0.3) is 0 Å². The Balaban J connectivity index is 2.64. The van der Waals surface area contributed by atoms with Gasteiger partial charge in [0.2, 0.25) is 0 Å². The second-order valence-electron chi connectivity index (χ2n) is 4.59. The number of hydrogen-bond acceptors (Lipinski definition) is 4. The molecule has 0 fully saturated rings. The van der Waals surface area contributed by atoms with E-state index in [9.17, 15) is 0 Å². The van der Waals surface area contributed by atoms with Gasteiger partial charge in [-0.3, -0.25) is 4.98 Å². The van der Waals surface area contributed by atoms with Crippen LogP contribution < -0.4 is 10.6 Å². The summed E-state index contributed by atoms with van der Waals surface area (Å²) in [5, 5.41) is 6.83. The van der Waals surface area contributed by atoms with Crippen molar-refractivity contribution in [3.8, 4) is 0 Å². The predicted molar refractivity (Wildman–Crippen MR) is 75.9 cm³/mol. The van der Waals surface area contributed by atoms with E-state index in [2.05, 4.69) is 35.5 Å². The summed E-state index contributed by atoms with van der Waals surface area (Å²) in [5.74, 6) is 0. The van der Waals surface area contributed by atoms with Gasteiger partial charge in [-0.2, -0.15) is 0 Å². The number of hydrogen-bond donors (Lipinski definition) is 2. The van der Waals surface area contributed by atoms with Crippen LogP contribution >= 0.6 is 0 Å². The van der Waals surface area contributed by atoms with Crippen LogP contribution in [-0.4, -0.2) is 31.3 Å². The number of aromatic nitrogens is 1. The molecule has 1 heterocycles. The number of methoxy groups -OCH3 is 1. The first kappa shape index (κ1) is 14.9. The molecule has 1 aromatic rings. The molecule has 2 N–H and O–H groups in total. The van der Waals surface area contributed by atoms with E-state index in [0.717, 1.165) is 37.4 Å². The highest BCUT2D eigenvalue weighted by molar-refractivity contribution is 5.51. The van der Waals surface area contributed by atoms with Crippen molar-refractivity contribution in [2.24, 2.45) is 0 Å². The van der Waals surface area contributed by atoms with Crippen molar-refractivity contribution in [1.29, 1.82) is 0 Å². The van der Waals surface area contributed by atoms with E-state index in [-0.39, 0.29) is 6.10 Å². The molecule has 1 atom stereocenters. The van der Waals surface area contributed by atoms with Gasteiger partial charge in [-0.25, -0.2) is 0 Å². The minimum absolute atomic E-state index is 0.204. The lowest BCUT2D eigenvalue weighted by atomic mass is 10.2. The van der Waals surface area contributed by atoms with Gasteiger partial charge in [0.15, 0.2) is 0 Å². The SMILES string of the molecule is CCCNCc1cnc(C)cc1NCC(C)OC. The van der Waals surface area contributed by atoms with Crippen LogP contribution in [0.5, 0.6) is 0 Å². The third kappa shape index (κ3) is 5.02. The van der Waals surface area contributed by atoms with E-state index >= 15 is 0 Å². The van der Waals surface area contributed by atoms with E-state index in [1.807, 2.05) is 13.1 Å². The maximum atomic E-state index is 5.25. The number of pyridine rings is 1. The molecule has 1 unspecified atom stereocenters. The third-order valence-corrected chi connectivity index (χ3v) is 2.85. The summed E-state index contributed by atoms with van der Waals surface area (Å²) in [7, 11) is 1.73. The average Bonchev–Trinajstić information content (AvgIpc) is 2.38. The van der Waals surface area contributed by atoms with Crippen LogP contribution in [-0.2, 0) is 11.3 Å². The van der Waals surface area contributed by atoms with E-state index < -0.39 is 0 Å². The van der Waals surface area contributed by atoms with Gasteiger partial charge in [-0.15, -0.1) is 0 Å². The maximum Gasteiger partial charge on any atom is 0.0715 e. The van der Waals surface area contributed by atoms with Crippen molar-refractivity contribution in [2.45, 2.75) is 39.8 Å². The molecule has 1 aromatic heterocycles. The molecule has 0 radical (unpaired) electrons. The monoisotopic (exact) mass is 251 g/mol. The van der Waals surface area contributed by atoms with Crippen LogP contribution in [0.4, 0.5) is 5.69 Å². The molecule has 0 saturated heterocycles. The molecule has 18 heavy (non-hydrogen) atoms. The second-order valence-corrected chi connectivity index (χ2v) is 4.59. The molecule has 0 aromatic carbocycles. The molecule has 0 bridgehead atoms. The lowest BCUT2D eigenvalue weighted by Crippen LogP contribution is -2.20. The fourth-order valence-electron chi connectivity index (χ4n) is 1.63. The first-order valence-corrected chi connectivity index (χ1v) is 6.60. The smallest absolute Gasteiger partial charge is 0.0715 e. The van der Waals surface area contributed by atoms with Gasteiger partial charge in [-0.1, -0.05) is 6.92 Å². The van der Waals surface area contributed by atoms with Crippen molar-refractivity contribution in [3.63, 3.8) is 0 Å². The summed E-state index contributed by atoms with van der Waals surface area (Å²) < 4.78 is 5.25. The summed E-state index contributed by atoms with van der Waals surface area (Å²) in [6, 6.07) is 2.09. The Labute approximate surface area is 110 Å². The van der Waals surface area contributed by atoms with Gasteiger partial charge in [0.05, 0.1) is 6.10 Å². The molecule has 102 valence electrons. The van der Waals surface area contributed by atoms with E-state index in [4.69, 9.17) is 4.74 Å². The molecule has 1 rings (SSSR count). The van der Waals surface area contributed by atoms with Gasteiger partial charge >= 0.3 is 0 Å². The number of aryl methyl sites for hydroxylation is 1. The topological polar surface area (TPSA) is 46.2 Å². The van der Waals surface area contributed by atoms with Crippen LogP contribution in [0.1, 0.15) is 31.5 Å². The summed E-state index contributed by atoms with van der Waals surface area (Å²) in [6.45, 7) is 8.91. The van der Waals surface area contributed by atoms with Gasteiger partial charge in [-0.05, 0) is 32.9 Å². The molecule has 4 heteroatoms. The van der Waals surface area contributed by atoms with Crippen LogP contribution in [0.2, 0.25) is 0 Å². The van der Waals surface area contributed by atoms with Crippen LogP contribution in [0.3, 0.4) is 0 Å². The number of anilines is 1. The molecule has 0 aliphatic rings.